The van der Waals surface area contributed by atoms with E-state index in [9.17, 15) is 4.21 Å². The molecule has 0 unspecified atom stereocenters. The molecule has 1 aromatic rings. The van der Waals surface area contributed by atoms with Crippen LogP contribution in [0.2, 0.25) is 0 Å². The van der Waals surface area contributed by atoms with E-state index in [1.54, 1.807) is 0 Å². The van der Waals surface area contributed by atoms with E-state index in [2.05, 4.69) is 24.4 Å². The van der Waals surface area contributed by atoms with E-state index >= 15 is 0 Å². The van der Waals surface area contributed by atoms with Gasteiger partial charge in [-0.15, -0.1) is 11.3 Å². The smallest absolute Gasteiger partial charge is 0.0302 e. The summed E-state index contributed by atoms with van der Waals surface area (Å²) in [5.74, 6) is 1.75. The highest BCUT2D eigenvalue weighted by Crippen LogP contribution is 2.16. The molecule has 1 N–H and O–H groups in total. The molecule has 2 rings (SSSR count). The predicted octanol–water partition coefficient (Wildman–Crippen LogP) is 2.06. The lowest BCUT2D eigenvalue weighted by atomic mass is 10.1. The first-order valence-corrected chi connectivity index (χ1v) is 7.68. The summed E-state index contributed by atoms with van der Waals surface area (Å²) in [6.07, 6.45) is 2.13. The monoisotopic (exact) mass is 243 g/mol. The van der Waals surface area contributed by atoms with Crippen LogP contribution in [0.15, 0.2) is 12.1 Å². The van der Waals surface area contributed by atoms with Crippen LogP contribution in [0.1, 0.15) is 22.6 Å². The maximum atomic E-state index is 11.2. The number of hydrogen-bond donors (Lipinski definition) is 1. The van der Waals surface area contributed by atoms with Gasteiger partial charge in [0.15, 0.2) is 0 Å². The van der Waals surface area contributed by atoms with Gasteiger partial charge in [0.2, 0.25) is 0 Å². The molecule has 1 saturated heterocycles. The summed E-state index contributed by atoms with van der Waals surface area (Å²) in [6.45, 7) is 3.10. The molecule has 0 spiro atoms. The minimum atomic E-state index is -0.542. The quantitative estimate of drug-likeness (QED) is 0.880. The molecule has 0 aromatic carbocycles. The Balaban J connectivity index is 1.76. The molecular formula is C11H17NOS2. The van der Waals surface area contributed by atoms with E-state index in [1.807, 2.05) is 11.3 Å². The summed E-state index contributed by atoms with van der Waals surface area (Å²) in [6, 6.07) is 4.93. The van der Waals surface area contributed by atoms with E-state index in [1.165, 1.54) is 9.75 Å². The van der Waals surface area contributed by atoms with Crippen LogP contribution in [-0.2, 0) is 17.3 Å². The van der Waals surface area contributed by atoms with Gasteiger partial charge in [0, 0.05) is 44.6 Å². The Hall–Kier alpha value is -0.190. The third kappa shape index (κ3) is 3.40. The van der Waals surface area contributed by atoms with Gasteiger partial charge in [-0.1, -0.05) is 0 Å². The van der Waals surface area contributed by atoms with E-state index in [-0.39, 0.29) is 0 Å². The Morgan fingerprint density at radius 2 is 2.20 bits per heavy atom. The highest BCUT2D eigenvalue weighted by molar-refractivity contribution is 7.85. The average molecular weight is 243 g/mol. The van der Waals surface area contributed by atoms with Crippen molar-refractivity contribution in [1.29, 1.82) is 0 Å². The van der Waals surface area contributed by atoms with E-state index < -0.39 is 10.8 Å². The van der Waals surface area contributed by atoms with Crippen molar-refractivity contribution in [2.45, 2.75) is 32.4 Å². The Morgan fingerprint density at radius 3 is 2.80 bits per heavy atom. The molecule has 0 aliphatic carbocycles. The molecule has 1 aliphatic rings. The summed E-state index contributed by atoms with van der Waals surface area (Å²) in [5.41, 5.74) is 0. The Bertz CT molecular complexity index is 338. The topological polar surface area (TPSA) is 29.1 Å². The first kappa shape index (κ1) is 11.3. The molecule has 84 valence electrons. The van der Waals surface area contributed by atoms with Crippen LogP contribution in [0.4, 0.5) is 0 Å². The van der Waals surface area contributed by atoms with Crippen LogP contribution in [-0.4, -0.2) is 21.8 Å². The second kappa shape index (κ2) is 5.23. The van der Waals surface area contributed by atoms with Crippen molar-refractivity contribution in [1.82, 2.24) is 5.32 Å². The van der Waals surface area contributed by atoms with Crippen molar-refractivity contribution in [3.05, 3.63) is 21.9 Å². The molecule has 1 aliphatic heterocycles. The van der Waals surface area contributed by atoms with Gasteiger partial charge in [-0.25, -0.2) is 0 Å². The fourth-order valence-electron chi connectivity index (χ4n) is 1.82. The molecule has 2 heterocycles. The molecular weight excluding hydrogens is 226 g/mol. The average Bonchev–Trinajstić information content (AvgIpc) is 2.64. The Labute approximate surface area is 97.5 Å². The molecule has 1 aromatic heterocycles. The van der Waals surface area contributed by atoms with Crippen molar-refractivity contribution < 1.29 is 4.21 Å². The van der Waals surface area contributed by atoms with Gasteiger partial charge < -0.3 is 5.32 Å². The third-order valence-corrected chi connectivity index (χ3v) is 5.13. The SMILES string of the molecule is Cc1ccc(CNC2CCS(=O)CC2)s1. The minimum Gasteiger partial charge on any atom is -0.309 e. The Morgan fingerprint density at radius 1 is 1.47 bits per heavy atom. The summed E-state index contributed by atoms with van der Waals surface area (Å²) in [5, 5.41) is 3.55. The number of thiophene rings is 1. The van der Waals surface area contributed by atoms with E-state index in [4.69, 9.17) is 0 Å². The van der Waals surface area contributed by atoms with Crippen LogP contribution in [0, 0.1) is 6.92 Å². The standard InChI is InChI=1S/C11H17NOS2/c1-9-2-3-11(14-9)8-12-10-4-6-15(13)7-5-10/h2-3,10,12H,4-8H2,1H3. The fraction of sp³-hybridized carbons (Fsp3) is 0.636. The van der Waals surface area contributed by atoms with Crippen molar-refractivity contribution in [2.75, 3.05) is 11.5 Å². The molecule has 0 amide bonds. The molecule has 0 bridgehead atoms. The highest BCUT2D eigenvalue weighted by atomic mass is 32.2. The molecule has 1 fully saturated rings. The lowest BCUT2D eigenvalue weighted by Crippen LogP contribution is -2.35. The predicted molar refractivity (Wildman–Crippen MR) is 66.8 cm³/mol. The van der Waals surface area contributed by atoms with Gasteiger partial charge >= 0.3 is 0 Å². The summed E-state index contributed by atoms with van der Waals surface area (Å²) < 4.78 is 11.2. The largest absolute Gasteiger partial charge is 0.309 e. The van der Waals surface area contributed by atoms with Gasteiger partial charge in [-0.05, 0) is 31.9 Å². The third-order valence-electron chi connectivity index (χ3n) is 2.75. The van der Waals surface area contributed by atoms with Gasteiger partial charge in [-0.2, -0.15) is 0 Å². The number of hydrogen-bond acceptors (Lipinski definition) is 3. The van der Waals surface area contributed by atoms with Crippen LogP contribution in [0.25, 0.3) is 0 Å². The van der Waals surface area contributed by atoms with Gasteiger partial charge in [-0.3, -0.25) is 4.21 Å². The van der Waals surface area contributed by atoms with Gasteiger partial charge in [0.25, 0.3) is 0 Å². The lowest BCUT2D eigenvalue weighted by Gasteiger charge is -2.22. The van der Waals surface area contributed by atoms with Crippen LogP contribution < -0.4 is 5.32 Å². The van der Waals surface area contributed by atoms with Crippen molar-refractivity contribution in [3.8, 4) is 0 Å². The molecule has 0 saturated carbocycles. The fourth-order valence-corrected chi connectivity index (χ4v) is 3.96. The van der Waals surface area contributed by atoms with Gasteiger partial charge in [0.05, 0.1) is 0 Å². The zero-order valence-corrected chi connectivity index (χ0v) is 10.6. The summed E-state index contributed by atoms with van der Waals surface area (Å²) in [7, 11) is -0.542. The molecule has 4 heteroatoms. The summed E-state index contributed by atoms with van der Waals surface area (Å²) in [4.78, 5) is 2.77. The zero-order chi connectivity index (χ0) is 10.7. The van der Waals surface area contributed by atoms with E-state index in [0.717, 1.165) is 30.9 Å². The first-order valence-electron chi connectivity index (χ1n) is 5.38. The van der Waals surface area contributed by atoms with Crippen LogP contribution >= 0.6 is 11.3 Å². The normalized spacial score (nSPS) is 26.7. The van der Waals surface area contributed by atoms with Crippen molar-refractivity contribution in [2.24, 2.45) is 0 Å². The number of nitrogens with one attached hydrogen (secondary N) is 1. The first-order chi connectivity index (χ1) is 7.24. The zero-order valence-electron chi connectivity index (χ0n) is 8.99. The second-order valence-corrected chi connectivity index (χ2v) is 7.08. The highest BCUT2D eigenvalue weighted by Gasteiger charge is 2.16. The lowest BCUT2D eigenvalue weighted by molar-refractivity contribution is 0.477. The molecule has 15 heavy (non-hydrogen) atoms. The van der Waals surface area contributed by atoms with Crippen LogP contribution in [0.3, 0.4) is 0 Å². The number of rotatable bonds is 3. The second-order valence-electron chi connectivity index (χ2n) is 4.02. The Kier molecular flexibility index (Phi) is 3.94. The van der Waals surface area contributed by atoms with Crippen molar-refractivity contribution >= 4 is 22.1 Å². The van der Waals surface area contributed by atoms with Gasteiger partial charge in [0.1, 0.15) is 0 Å². The minimum absolute atomic E-state index is 0.542. The van der Waals surface area contributed by atoms with Crippen molar-refractivity contribution in [3.63, 3.8) is 0 Å². The molecule has 0 radical (unpaired) electrons. The summed E-state index contributed by atoms with van der Waals surface area (Å²) >= 11 is 1.85. The van der Waals surface area contributed by atoms with E-state index in [0.29, 0.717) is 6.04 Å². The maximum absolute atomic E-state index is 11.2. The maximum Gasteiger partial charge on any atom is 0.0302 e. The molecule has 0 atom stereocenters. The number of aryl methyl sites for hydroxylation is 1. The van der Waals surface area contributed by atoms with Crippen LogP contribution in [0.5, 0.6) is 0 Å². The molecule has 2 nitrogen and oxygen atoms in total.